The van der Waals surface area contributed by atoms with E-state index in [1.165, 1.54) is 0 Å². The molecule has 1 aromatic heterocycles. The molecule has 2 aromatic rings. The molecule has 0 bridgehead atoms. The first-order valence-corrected chi connectivity index (χ1v) is 7.75. The van der Waals surface area contributed by atoms with Crippen molar-refractivity contribution < 1.29 is 14.6 Å². The first-order chi connectivity index (χ1) is 11.1. The number of pyridine rings is 1. The maximum Gasteiger partial charge on any atom is 0.340 e. The Bertz CT molecular complexity index is 744. The molecule has 0 amide bonds. The van der Waals surface area contributed by atoms with Gasteiger partial charge in [0.1, 0.15) is 17.1 Å². The van der Waals surface area contributed by atoms with Gasteiger partial charge in [-0.1, -0.05) is 32.9 Å². The first kappa shape index (κ1) is 17.8. The number of carboxylic acid groups (broad SMARTS) is 1. The molecule has 0 atom stereocenters. The van der Waals surface area contributed by atoms with Gasteiger partial charge >= 0.3 is 5.97 Å². The highest BCUT2D eigenvalue weighted by Crippen LogP contribution is 2.34. The number of benzene rings is 1. The van der Waals surface area contributed by atoms with Crippen LogP contribution in [0.15, 0.2) is 30.3 Å². The quantitative estimate of drug-likeness (QED) is 0.924. The Morgan fingerprint density at radius 1 is 1.17 bits per heavy atom. The second-order valence-electron chi connectivity index (χ2n) is 6.93. The zero-order chi connectivity index (χ0) is 18.1. The number of carbonyl (C=O) groups is 1. The fourth-order valence-corrected chi connectivity index (χ4v) is 2.45. The van der Waals surface area contributed by atoms with Gasteiger partial charge < -0.3 is 14.7 Å². The molecule has 0 aliphatic carbocycles. The maximum absolute atomic E-state index is 11.9. The Labute approximate surface area is 142 Å². The van der Waals surface area contributed by atoms with E-state index in [9.17, 15) is 9.90 Å². The van der Waals surface area contributed by atoms with Gasteiger partial charge in [-0.25, -0.2) is 9.78 Å². The van der Waals surface area contributed by atoms with Gasteiger partial charge in [0.25, 0.3) is 0 Å². The summed E-state index contributed by atoms with van der Waals surface area (Å²) in [7, 11) is 5.21. The number of nitrogens with zero attached hydrogens (tertiary/aromatic N) is 2. The van der Waals surface area contributed by atoms with Crippen molar-refractivity contribution in [3.05, 3.63) is 41.6 Å². The molecule has 128 valence electrons. The summed E-state index contributed by atoms with van der Waals surface area (Å²) in [5.74, 6) is 0.201. The molecule has 5 nitrogen and oxygen atoms in total. The van der Waals surface area contributed by atoms with E-state index >= 15 is 0 Å². The fraction of sp³-hybridized carbons (Fsp3) is 0.368. The van der Waals surface area contributed by atoms with E-state index in [2.05, 4.69) is 25.8 Å². The molecular formula is C19H24N2O3. The van der Waals surface area contributed by atoms with Gasteiger partial charge in [0.05, 0.1) is 7.11 Å². The van der Waals surface area contributed by atoms with E-state index in [0.29, 0.717) is 11.4 Å². The summed E-state index contributed by atoms with van der Waals surface area (Å²) in [4.78, 5) is 18.3. The number of methoxy groups -OCH3 is 1. The fourth-order valence-electron chi connectivity index (χ4n) is 2.45. The van der Waals surface area contributed by atoms with Crippen LogP contribution in [0.5, 0.6) is 5.75 Å². The smallest absolute Gasteiger partial charge is 0.340 e. The van der Waals surface area contributed by atoms with Crippen molar-refractivity contribution in [2.24, 2.45) is 0 Å². The summed E-state index contributed by atoms with van der Waals surface area (Å²) >= 11 is 0. The molecule has 0 unspecified atom stereocenters. The van der Waals surface area contributed by atoms with Gasteiger partial charge in [-0.05, 0) is 23.8 Å². The molecule has 1 N–H and O–H groups in total. The van der Waals surface area contributed by atoms with Crippen LogP contribution in [0.2, 0.25) is 0 Å². The monoisotopic (exact) mass is 328 g/mol. The van der Waals surface area contributed by atoms with Crippen LogP contribution in [0.4, 0.5) is 5.82 Å². The summed E-state index contributed by atoms with van der Waals surface area (Å²) in [5, 5.41) is 9.76. The van der Waals surface area contributed by atoms with Gasteiger partial charge in [0.2, 0.25) is 0 Å². The summed E-state index contributed by atoms with van der Waals surface area (Å²) in [6, 6.07) is 9.26. The van der Waals surface area contributed by atoms with Crippen LogP contribution in [0.25, 0.3) is 11.1 Å². The number of aromatic carboxylic acids is 1. The number of aromatic nitrogens is 1. The number of anilines is 1. The Balaban J connectivity index is 2.79. The highest BCUT2D eigenvalue weighted by atomic mass is 16.5. The van der Waals surface area contributed by atoms with Crippen LogP contribution in [0.3, 0.4) is 0 Å². The van der Waals surface area contributed by atoms with Crippen LogP contribution < -0.4 is 9.64 Å². The second-order valence-corrected chi connectivity index (χ2v) is 6.93. The highest BCUT2D eigenvalue weighted by Gasteiger charge is 2.25. The molecule has 0 spiro atoms. The average molecular weight is 328 g/mol. The molecular weight excluding hydrogens is 304 g/mol. The van der Waals surface area contributed by atoms with Gasteiger partial charge in [-0.15, -0.1) is 0 Å². The number of carboxylic acids is 1. The average Bonchev–Trinajstić information content (AvgIpc) is 2.52. The minimum Gasteiger partial charge on any atom is -0.497 e. The lowest BCUT2D eigenvalue weighted by atomic mass is 9.88. The summed E-state index contributed by atoms with van der Waals surface area (Å²) in [6.45, 7) is 6.19. The molecule has 0 aliphatic heterocycles. The standard InChI is InChI=1S/C19H24N2O3/c1-19(2,3)15-11-14(12-7-9-13(24-6)10-8-12)16(18(22)23)17(20-15)21(4)5/h7-11H,1-6H3,(H,22,23). The van der Waals surface area contributed by atoms with Crippen molar-refractivity contribution in [3.8, 4) is 16.9 Å². The van der Waals surface area contributed by atoms with E-state index in [4.69, 9.17) is 4.74 Å². The van der Waals surface area contributed by atoms with Crippen molar-refractivity contribution in [2.75, 3.05) is 26.1 Å². The maximum atomic E-state index is 11.9. The van der Waals surface area contributed by atoms with Crippen LogP contribution in [-0.4, -0.2) is 37.3 Å². The van der Waals surface area contributed by atoms with Gasteiger partial charge in [-0.2, -0.15) is 0 Å². The molecule has 1 heterocycles. The molecule has 2 rings (SSSR count). The molecule has 0 fully saturated rings. The molecule has 0 aliphatic rings. The third-order valence-electron chi connectivity index (χ3n) is 3.81. The predicted molar refractivity (Wildman–Crippen MR) is 96.2 cm³/mol. The molecule has 24 heavy (non-hydrogen) atoms. The second kappa shape index (κ2) is 6.51. The first-order valence-electron chi connectivity index (χ1n) is 7.75. The lowest BCUT2D eigenvalue weighted by Crippen LogP contribution is -2.21. The van der Waals surface area contributed by atoms with Crippen molar-refractivity contribution in [3.63, 3.8) is 0 Å². The normalized spacial score (nSPS) is 11.2. The zero-order valence-electron chi connectivity index (χ0n) is 15.0. The summed E-state index contributed by atoms with van der Waals surface area (Å²) in [6.07, 6.45) is 0. The van der Waals surface area contributed by atoms with Gasteiger partial charge in [0, 0.05) is 30.8 Å². The van der Waals surface area contributed by atoms with Crippen molar-refractivity contribution in [2.45, 2.75) is 26.2 Å². The number of ether oxygens (including phenoxy) is 1. The van der Waals surface area contributed by atoms with E-state index in [1.54, 1.807) is 26.1 Å². The summed E-state index contributed by atoms with van der Waals surface area (Å²) < 4.78 is 5.19. The zero-order valence-corrected chi connectivity index (χ0v) is 15.0. The van der Waals surface area contributed by atoms with E-state index in [1.807, 2.05) is 30.3 Å². The van der Waals surface area contributed by atoms with Crippen LogP contribution in [-0.2, 0) is 5.41 Å². The van der Waals surface area contributed by atoms with E-state index < -0.39 is 5.97 Å². The minimum absolute atomic E-state index is 0.191. The topological polar surface area (TPSA) is 62.7 Å². The third kappa shape index (κ3) is 3.50. The van der Waals surface area contributed by atoms with Crippen molar-refractivity contribution in [1.29, 1.82) is 0 Å². The minimum atomic E-state index is -0.988. The third-order valence-corrected chi connectivity index (χ3v) is 3.81. The van der Waals surface area contributed by atoms with Crippen LogP contribution in [0.1, 0.15) is 36.8 Å². The highest BCUT2D eigenvalue weighted by molar-refractivity contribution is 6.01. The van der Waals surface area contributed by atoms with Crippen LogP contribution >= 0.6 is 0 Å². The van der Waals surface area contributed by atoms with Crippen LogP contribution in [0, 0.1) is 0 Å². The molecule has 5 heteroatoms. The van der Waals surface area contributed by atoms with Gasteiger partial charge in [-0.3, -0.25) is 0 Å². The Morgan fingerprint density at radius 2 is 1.75 bits per heavy atom. The van der Waals surface area contributed by atoms with Gasteiger partial charge in [0.15, 0.2) is 0 Å². The predicted octanol–water partition coefficient (Wildman–Crippen LogP) is 3.82. The number of hydrogen-bond acceptors (Lipinski definition) is 4. The van der Waals surface area contributed by atoms with E-state index in [-0.39, 0.29) is 11.0 Å². The summed E-state index contributed by atoms with van der Waals surface area (Å²) in [5.41, 5.74) is 2.35. The van der Waals surface area contributed by atoms with E-state index in [0.717, 1.165) is 17.0 Å². The van der Waals surface area contributed by atoms with Crippen molar-refractivity contribution >= 4 is 11.8 Å². The van der Waals surface area contributed by atoms with Crippen molar-refractivity contribution in [1.82, 2.24) is 4.98 Å². The molecule has 0 saturated heterocycles. The Kier molecular flexibility index (Phi) is 4.83. The lowest BCUT2D eigenvalue weighted by Gasteiger charge is -2.24. The SMILES string of the molecule is COc1ccc(-c2cc(C(C)(C)C)nc(N(C)C)c2C(=O)O)cc1. The number of rotatable bonds is 4. The molecule has 1 aromatic carbocycles. The molecule has 0 radical (unpaired) electrons. The Hall–Kier alpha value is -2.56. The molecule has 0 saturated carbocycles. The Morgan fingerprint density at radius 3 is 2.17 bits per heavy atom. The number of hydrogen-bond donors (Lipinski definition) is 1. The lowest BCUT2D eigenvalue weighted by molar-refractivity contribution is 0.0698. The largest absolute Gasteiger partial charge is 0.497 e.